The zero-order chi connectivity index (χ0) is 11.3. The van der Waals surface area contributed by atoms with Gasteiger partial charge in [-0.2, -0.15) is 0 Å². The van der Waals surface area contributed by atoms with Crippen molar-refractivity contribution in [2.45, 2.75) is 20.8 Å². The number of carbonyl (C=O) groups excluding carboxylic acids is 1. The Morgan fingerprint density at radius 2 is 1.87 bits per heavy atom. The van der Waals surface area contributed by atoms with Crippen LogP contribution in [0.5, 0.6) is 0 Å². The molecule has 0 aliphatic rings. The molecule has 80 valence electrons. The second-order valence-corrected chi connectivity index (χ2v) is 6.93. The molecule has 1 aromatic rings. The Balaban J connectivity index is 2.81. The van der Waals surface area contributed by atoms with Crippen LogP contribution in [0.2, 0.25) is 0 Å². The van der Waals surface area contributed by atoms with E-state index in [1.54, 1.807) is 6.92 Å². The first-order chi connectivity index (χ1) is 7.09. The fourth-order valence-electron chi connectivity index (χ4n) is 1.14. The van der Waals surface area contributed by atoms with Crippen LogP contribution in [0.25, 0.3) is 0 Å². The van der Waals surface area contributed by atoms with Gasteiger partial charge >= 0.3 is 102 Å². The van der Waals surface area contributed by atoms with E-state index in [1.807, 2.05) is 18.2 Å². The quantitative estimate of drug-likeness (QED) is 0.614. The van der Waals surface area contributed by atoms with Gasteiger partial charge in [0.15, 0.2) is 0 Å². The zero-order valence-corrected chi connectivity index (χ0v) is 11.7. The van der Waals surface area contributed by atoms with Crippen LogP contribution in [0, 0.1) is 5.92 Å². The van der Waals surface area contributed by atoms with Crippen molar-refractivity contribution in [3.8, 4) is 0 Å². The number of allylic oxidation sites excluding steroid dienone is 2. The third kappa shape index (κ3) is 4.64. The van der Waals surface area contributed by atoms with Gasteiger partial charge in [-0.05, 0) is 0 Å². The molecule has 15 heavy (non-hydrogen) atoms. The number of hydrogen-bond acceptors (Lipinski definition) is 1. The normalized spacial score (nSPS) is 11.9. The third-order valence-electron chi connectivity index (χ3n) is 1.80. The van der Waals surface area contributed by atoms with Crippen LogP contribution in [0.3, 0.4) is 0 Å². The van der Waals surface area contributed by atoms with E-state index in [4.69, 9.17) is 0 Å². The summed E-state index contributed by atoms with van der Waals surface area (Å²) >= 11 is -0.492. The number of rotatable bonds is 4. The molecule has 0 radical (unpaired) electrons. The van der Waals surface area contributed by atoms with Crippen LogP contribution in [-0.4, -0.2) is 26.7 Å². The van der Waals surface area contributed by atoms with Crippen molar-refractivity contribution in [1.82, 2.24) is 0 Å². The summed E-state index contributed by atoms with van der Waals surface area (Å²) in [6, 6.07) is 10.3. The van der Waals surface area contributed by atoms with Crippen molar-refractivity contribution in [3.05, 3.63) is 40.0 Å². The van der Waals surface area contributed by atoms with Gasteiger partial charge in [0.05, 0.1) is 0 Å². The van der Waals surface area contributed by atoms with Gasteiger partial charge in [0, 0.05) is 0 Å². The molecule has 0 amide bonds. The topological polar surface area (TPSA) is 17.1 Å². The molecule has 0 atom stereocenters. The minimum absolute atomic E-state index is 0.231. The molecule has 1 rings (SSSR count). The van der Waals surface area contributed by atoms with Gasteiger partial charge in [0.1, 0.15) is 0 Å². The molecule has 0 fully saturated rings. The second-order valence-electron chi connectivity index (χ2n) is 3.75. The van der Waals surface area contributed by atoms with E-state index in [-0.39, 0.29) is 5.78 Å². The van der Waals surface area contributed by atoms with Crippen LogP contribution in [0.1, 0.15) is 20.8 Å². The first kappa shape index (κ1) is 12.5. The monoisotopic (exact) mass is 318 g/mol. The average Bonchev–Trinajstić information content (AvgIpc) is 2.17. The van der Waals surface area contributed by atoms with Gasteiger partial charge in [-0.15, -0.1) is 0 Å². The Bertz CT molecular complexity index is 352. The molecule has 0 heterocycles. The SMILES string of the molecule is CC(=O)/C(=C\C(C)C)[Te]c1ccccc1. The molecule has 0 unspecified atom stereocenters. The van der Waals surface area contributed by atoms with Gasteiger partial charge in [-0.3, -0.25) is 0 Å². The van der Waals surface area contributed by atoms with E-state index >= 15 is 0 Å². The molecule has 2 heteroatoms. The van der Waals surface area contributed by atoms with Crippen molar-refractivity contribution in [2.75, 3.05) is 0 Å². The van der Waals surface area contributed by atoms with Gasteiger partial charge in [0.2, 0.25) is 0 Å². The fourth-order valence-corrected chi connectivity index (χ4v) is 4.08. The zero-order valence-electron chi connectivity index (χ0n) is 9.36. The third-order valence-corrected chi connectivity index (χ3v) is 5.09. The van der Waals surface area contributed by atoms with Crippen molar-refractivity contribution < 1.29 is 4.79 Å². The summed E-state index contributed by atoms with van der Waals surface area (Å²) in [4.78, 5) is 11.4. The van der Waals surface area contributed by atoms with Gasteiger partial charge in [0.25, 0.3) is 0 Å². The standard InChI is InChI=1S/C13H16OTe/c1-10(2)9-13(11(3)14)15-12-7-5-4-6-8-12/h4-10H,1-3H3/b13-9+. The van der Waals surface area contributed by atoms with Crippen molar-refractivity contribution >= 4 is 30.3 Å². The van der Waals surface area contributed by atoms with Crippen LogP contribution < -0.4 is 3.61 Å². The Hall–Kier alpha value is -0.580. The Morgan fingerprint density at radius 3 is 2.33 bits per heavy atom. The molecule has 0 spiro atoms. The molecule has 1 nitrogen and oxygen atoms in total. The summed E-state index contributed by atoms with van der Waals surface area (Å²) in [6.45, 7) is 5.89. The van der Waals surface area contributed by atoms with Crippen molar-refractivity contribution in [3.63, 3.8) is 0 Å². The maximum absolute atomic E-state index is 11.4. The molecular weight excluding hydrogens is 300 g/mol. The van der Waals surface area contributed by atoms with Gasteiger partial charge < -0.3 is 0 Å². The summed E-state index contributed by atoms with van der Waals surface area (Å²) in [5.41, 5.74) is 0. The number of benzene rings is 1. The summed E-state index contributed by atoms with van der Waals surface area (Å²) in [5.74, 6) is 0.688. The molecule has 0 aromatic heterocycles. The van der Waals surface area contributed by atoms with E-state index in [1.165, 1.54) is 3.61 Å². The Morgan fingerprint density at radius 1 is 1.27 bits per heavy atom. The van der Waals surface area contributed by atoms with E-state index in [0.717, 1.165) is 3.62 Å². The predicted molar refractivity (Wildman–Crippen MR) is 65.4 cm³/mol. The summed E-state index contributed by atoms with van der Waals surface area (Å²) in [5, 5.41) is 0. The molecule has 0 saturated carbocycles. The van der Waals surface area contributed by atoms with E-state index in [2.05, 4.69) is 32.1 Å². The van der Waals surface area contributed by atoms with E-state index in [9.17, 15) is 4.79 Å². The minimum atomic E-state index is -0.492. The summed E-state index contributed by atoms with van der Waals surface area (Å²) in [7, 11) is 0. The van der Waals surface area contributed by atoms with Crippen LogP contribution in [0.4, 0.5) is 0 Å². The molecule has 0 aliphatic carbocycles. The average molecular weight is 316 g/mol. The fraction of sp³-hybridized carbons (Fsp3) is 0.308. The van der Waals surface area contributed by atoms with Crippen molar-refractivity contribution in [2.24, 2.45) is 5.92 Å². The summed E-state index contributed by atoms with van der Waals surface area (Å²) < 4.78 is 2.37. The number of carbonyl (C=O) groups is 1. The van der Waals surface area contributed by atoms with Crippen LogP contribution in [0.15, 0.2) is 40.0 Å². The number of ketones is 1. The summed E-state index contributed by atoms with van der Waals surface area (Å²) in [6.07, 6.45) is 2.11. The second kappa shape index (κ2) is 6.10. The molecule has 0 aliphatic heterocycles. The van der Waals surface area contributed by atoms with Gasteiger partial charge in [-0.25, -0.2) is 0 Å². The predicted octanol–water partition coefficient (Wildman–Crippen LogP) is 2.14. The molecular formula is C13H16OTe. The molecule has 0 N–H and O–H groups in total. The molecule has 1 aromatic carbocycles. The van der Waals surface area contributed by atoms with Crippen molar-refractivity contribution in [1.29, 1.82) is 0 Å². The number of hydrogen-bond donors (Lipinski definition) is 0. The first-order valence-electron chi connectivity index (χ1n) is 5.05. The Kier molecular flexibility index (Phi) is 5.08. The first-order valence-corrected chi connectivity index (χ1v) is 7.38. The van der Waals surface area contributed by atoms with E-state index < -0.39 is 20.9 Å². The molecule has 0 saturated heterocycles. The maximum atomic E-state index is 11.4. The number of Topliss-reactive ketones (excluding diaryl/α,β-unsaturated/α-hetero) is 1. The molecule has 0 bridgehead atoms. The van der Waals surface area contributed by atoms with Crippen LogP contribution >= 0.6 is 0 Å². The van der Waals surface area contributed by atoms with Gasteiger partial charge in [-0.1, -0.05) is 0 Å². The Labute approximate surface area is 102 Å². The van der Waals surface area contributed by atoms with Crippen LogP contribution in [-0.2, 0) is 4.79 Å². The van der Waals surface area contributed by atoms with E-state index in [0.29, 0.717) is 5.92 Å².